The van der Waals surface area contributed by atoms with Crippen LogP contribution in [0.15, 0.2) is 66.7 Å². The molecule has 0 heterocycles. The van der Waals surface area contributed by atoms with E-state index in [2.05, 4.69) is 17.4 Å². The van der Waals surface area contributed by atoms with Gasteiger partial charge in [-0.3, -0.25) is 0 Å². The number of nitrogens with two attached hydrogens (primary N) is 1. The third-order valence-electron chi connectivity index (χ3n) is 5.41. The lowest BCUT2D eigenvalue weighted by molar-refractivity contribution is 0.0697. The summed E-state index contributed by atoms with van der Waals surface area (Å²) in [6.07, 6.45) is 2.40. The van der Waals surface area contributed by atoms with E-state index in [1.165, 1.54) is 12.2 Å². The van der Waals surface area contributed by atoms with E-state index in [1.807, 2.05) is 36.4 Å². The molecule has 0 fully saturated rings. The number of nitrogen functional groups attached to an aromatic ring is 1. The summed E-state index contributed by atoms with van der Waals surface area (Å²) in [4.78, 5) is 23.3. The van der Waals surface area contributed by atoms with E-state index in [4.69, 9.17) is 15.6 Å². The van der Waals surface area contributed by atoms with E-state index >= 15 is 0 Å². The molecule has 0 aromatic heterocycles. The second kappa shape index (κ2) is 8.93. The molecule has 1 aliphatic carbocycles. The van der Waals surface area contributed by atoms with Crippen molar-refractivity contribution in [3.05, 3.63) is 94.8 Å². The number of alkyl carbamates (subject to hydrolysis) is 1. The van der Waals surface area contributed by atoms with Gasteiger partial charge in [0.2, 0.25) is 0 Å². The standard InChI is InChI=1S/C25H21FN2O4/c26-16-12-15(23(27)21(13-16)24(29)30)6-5-11-28-25(31)32-14-22-19-9-3-1-7-17(19)18-8-2-4-10-20(18)22/h1-10,12-13,22H,11,14,27H2,(H,28,31)(H,29,30). The number of carbonyl (C=O) groups is 2. The molecule has 7 heteroatoms. The SMILES string of the molecule is Nc1c(C=CCNC(=O)OCC2c3ccccc3-c3ccccc32)cc(F)cc1C(=O)O. The van der Waals surface area contributed by atoms with Crippen molar-refractivity contribution in [2.75, 3.05) is 18.9 Å². The van der Waals surface area contributed by atoms with Crippen LogP contribution < -0.4 is 11.1 Å². The van der Waals surface area contributed by atoms with Gasteiger partial charge in [0.15, 0.2) is 0 Å². The second-order valence-electron chi connectivity index (χ2n) is 7.37. The fourth-order valence-electron chi connectivity index (χ4n) is 3.93. The molecule has 3 aromatic carbocycles. The highest BCUT2D eigenvalue weighted by atomic mass is 19.1. The fourth-order valence-corrected chi connectivity index (χ4v) is 3.93. The molecule has 0 atom stereocenters. The van der Waals surface area contributed by atoms with Crippen molar-refractivity contribution in [3.63, 3.8) is 0 Å². The van der Waals surface area contributed by atoms with E-state index < -0.39 is 17.9 Å². The molecule has 0 saturated carbocycles. The minimum absolute atomic E-state index is 0.0368. The zero-order valence-corrected chi connectivity index (χ0v) is 17.0. The number of amides is 1. The van der Waals surface area contributed by atoms with Gasteiger partial charge in [0.25, 0.3) is 0 Å². The van der Waals surface area contributed by atoms with Gasteiger partial charge in [-0.2, -0.15) is 0 Å². The first-order chi connectivity index (χ1) is 15.5. The van der Waals surface area contributed by atoms with Crippen molar-refractivity contribution in [3.8, 4) is 11.1 Å². The maximum atomic E-state index is 13.6. The monoisotopic (exact) mass is 432 g/mol. The zero-order chi connectivity index (χ0) is 22.7. The highest BCUT2D eigenvalue weighted by molar-refractivity contribution is 5.95. The van der Waals surface area contributed by atoms with Gasteiger partial charge in [0, 0.05) is 18.0 Å². The Morgan fingerprint density at radius 3 is 2.31 bits per heavy atom. The molecule has 0 radical (unpaired) electrons. The predicted molar refractivity (Wildman–Crippen MR) is 120 cm³/mol. The molecule has 0 unspecified atom stereocenters. The van der Waals surface area contributed by atoms with Crippen LogP contribution in [0.25, 0.3) is 17.2 Å². The molecule has 32 heavy (non-hydrogen) atoms. The van der Waals surface area contributed by atoms with Crippen molar-refractivity contribution in [2.45, 2.75) is 5.92 Å². The van der Waals surface area contributed by atoms with Crippen LogP contribution in [0.1, 0.15) is 33.0 Å². The van der Waals surface area contributed by atoms with E-state index in [0.717, 1.165) is 34.4 Å². The Kier molecular flexibility index (Phi) is 5.89. The fraction of sp³-hybridized carbons (Fsp3) is 0.120. The molecule has 6 nitrogen and oxygen atoms in total. The summed E-state index contributed by atoms with van der Waals surface area (Å²) >= 11 is 0. The van der Waals surface area contributed by atoms with Crippen molar-refractivity contribution in [1.29, 1.82) is 0 Å². The molecule has 162 valence electrons. The number of fused-ring (bicyclic) bond motifs is 3. The van der Waals surface area contributed by atoms with E-state index in [-0.39, 0.29) is 35.9 Å². The molecule has 0 spiro atoms. The lowest BCUT2D eigenvalue weighted by Gasteiger charge is -2.14. The van der Waals surface area contributed by atoms with Crippen LogP contribution in [-0.4, -0.2) is 30.3 Å². The Labute approximate surface area is 184 Å². The molecule has 4 N–H and O–H groups in total. The van der Waals surface area contributed by atoms with Gasteiger partial charge in [0.05, 0.1) is 11.3 Å². The number of hydrogen-bond donors (Lipinski definition) is 3. The first kappa shape index (κ1) is 21.1. The van der Waals surface area contributed by atoms with E-state index in [9.17, 15) is 14.0 Å². The van der Waals surface area contributed by atoms with Crippen LogP contribution in [0, 0.1) is 5.82 Å². The number of carboxylic acid groups (broad SMARTS) is 1. The van der Waals surface area contributed by atoms with E-state index in [0.29, 0.717) is 0 Å². The van der Waals surface area contributed by atoms with Gasteiger partial charge in [-0.05, 0) is 34.4 Å². The van der Waals surface area contributed by atoms with E-state index in [1.54, 1.807) is 0 Å². The number of nitrogens with one attached hydrogen (secondary N) is 1. The maximum absolute atomic E-state index is 13.6. The van der Waals surface area contributed by atoms with Gasteiger partial charge < -0.3 is 20.9 Å². The first-order valence-electron chi connectivity index (χ1n) is 10.0. The van der Waals surface area contributed by atoms with Crippen LogP contribution in [0.4, 0.5) is 14.9 Å². The highest BCUT2D eigenvalue weighted by Gasteiger charge is 2.28. The average Bonchev–Trinajstić information content (AvgIpc) is 3.11. The summed E-state index contributed by atoms with van der Waals surface area (Å²) in [5, 5.41) is 11.7. The molecule has 0 aliphatic heterocycles. The predicted octanol–water partition coefficient (Wildman–Crippen LogP) is 4.66. The Morgan fingerprint density at radius 1 is 1.06 bits per heavy atom. The molecule has 0 saturated heterocycles. The largest absolute Gasteiger partial charge is 0.478 e. The Hall–Kier alpha value is -4.13. The number of anilines is 1. The second-order valence-corrected chi connectivity index (χ2v) is 7.37. The molecule has 1 amide bonds. The molecule has 0 bridgehead atoms. The Morgan fingerprint density at radius 2 is 1.69 bits per heavy atom. The maximum Gasteiger partial charge on any atom is 0.407 e. The lowest BCUT2D eigenvalue weighted by atomic mass is 9.98. The molecular weight excluding hydrogens is 411 g/mol. The number of halogens is 1. The number of carboxylic acids is 1. The van der Waals surface area contributed by atoms with Gasteiger partial charge in [-0.25, -0.2) is 14.0 Å². The quantitative estimate of drug-likeness (QED) is 0.492. The van der Waals surface area contributed by atoms with Crippen LogP contribution >= 0.6 is 0 Å². The summed E-state index contributed by atoms with van der Waals surface area (Å²) in [6.45, 7) is 0.303. The van der Waals surface area contributed by atoms with Gasteiger partial charge >= 0.3 is 12.1 Å². The minimum atomic E-state index is -1.31. The normalized spacial score (nSPS) is 12.4. The summed E-state index contributed by atoms with van der Waals surface area (Å²) in [6, 6.07) is 18.1. The summed E-state index contributed by atoms with van der Waals surface area (Å²) < 4.78 is 19.1. The molecule has 3 aromatic rings. The highest BCUT2D eigenvalue weighted by Crippen LogP contribution is 2.44. The van der Waals surface area contributed by atoms with Crippen LogP contribution in [0.2, 0.25) is 0 Å². The topological polar surface area (TPSA) is 102 Å². The average molecular weight is 432 g/mol. The van der Waals surface area contributed by atoms with Crippen LogP contribution in [0.5, 0.6) is 0 Å². The Bertz CT molecular complexity index is 1180. The van der Waals surface area contributed by atoms with Crippen molar-refractivity contribution < 1.29 is 23.8 Å². The smallest absolute Gasteiger partial charge is 0.407 e. The number of benzene rings is 3. The first-order valence-corrected chi connectivity index (χ1v) is 10.0. The molecule has 1 aliphatic rings. The number of hydrogen-bond acceptors (Lipinski definition) is 4. The number of aromatic carboxylic acids is 1. The van der Waals surface area contributed by atoms with Crippen molar-refractivity contribution in [1.82, 2.24) is 5.32 Å². The van der Waals surface area contributed by atoms with Crippen molar-refractivity contribution >= 4 is 23.8 Å². The van der Waals surface area contributed by atoms with Gasteiger partial charge in [0.1, 0.15) is 12.4 Å². The molecular formula is C25H21FN2O4. The van der Waals surface area contributed by atoms with Gasteiger partial charge in [-0.1, -0.05) is 60.7 Å². The third-order valence-corrected chi connectivity index (χ3v) is 5.41. The number of ether oxygens (including phenoxy) is 1. The van der Waals surface area contributed by atoms with Crippen LogP contribution in [0.3, 0.4) is 0 Å². The minimum Gasteiger partial charge on any atom is -0.478 e. The number of carbonyl (C=O) groups excluding carboxylic acids is 1. The zero-order valence-electron chi connectivity index (χ0n) is 17.0. The van der Waals surface area contributed by atoms with Gasteiger partial charge in [-0.15, -0.1) is 0 Å². The Balaban J connectivity index is 1.36. The number of rotatable bonds is 6. The summed E-state index contributed by atoms with van der Waals surface area (Å²) in [5.41, 5.74) is 10.2. The lowest BCUT2D eigenvalue weighted by Crippen LogP contribution is -2.26. The summed E-state index contributed by atoms with van der Waals surface area (Å²) in [5.74, 6) is -2.06. The van der Waals surface area contributed by atoms with Crippen molar-refractivity contribution in [2.24, 2.45) is 0 Å². The summed E-state index contributed by atoms with van der Waals surface area (Å²) in [7, 11) is 0. The third kappa shape index (κ3) is 4.18. The molecule has 4 rings (SSSR count). The van der Waals surface area contributed by atoms with Crippen LogP contribution in [-0.2, 0) is 4.74 Å².